The van der Waals surface area contributed by atoms with Crippen LogP contribution in [0.1, 0.15) is 39.7 Å². The first-order valence-corrected chi connectivity index (χ1v) is 12.6. The maximum absolute atomic E-state index is 13.5. The van der Waals surface area contributed by atoms with Gasteiger partial charge in [0.2, 0.25) is 5.91 Å². The standard InChI is InChI=1S/C28H31N3O2S/c1-3-15-31(28(33)26-9-6-17-34-26)20-27(32)30(19-22-12-10-21(2)11-13-22)16-14-23-18-29-25-8-5-4-7-24(23)25/h4-13,17-18,29H,3,14-16,19-20H2,1-2H3. The molecule has 2 aromatic carbocycles. The molecule has 0 unspecified atom stereocenters. The third-order valence-electron chi connectivity index (χ3n) is 6.01. The van der Waals surface area contributed by atoms with Crippen molar-refractivity contribution in [3.63, 3.8) is 0 Å². The third-order valence-corrected chi connectivity index (χ3v) is 6.87. The number of hydrogen-bond acceptors (Lipinski definition) is 3. The van der Waals surface area contributed by atoms with Crippen LogP contribution in [-0.2, 0) is 17.8 Å². The zero-order valence-electron chi connectivity index (χ0n) is 19.8. The Bertz CT molecular complexity index is 1230. The van der Waals surface area contributed by atoms with Crippen LogP contribution in [0.15, 0.2) is 72.2 Å². The van der Waals surface area contributed by atoms with Crippen LogP contribution in [0.25, 0.3) is 10.9 Å². The lowest BCUT2D eigenvalue weighted by molar-refractivity contribution is -0.132. The summed E-state index contributed by atoms with van der Waals surface area (Å²) in [4.78, 5) is 34.1. The minimum atomic E-state index is -0.0721. The molecule has 4 rings (SSSR count). The molecule has 0 saturated carbocycles. The molecular formula is C28H31N3O2S. The number of rotatable bonds is 10. The summed E-state index contributed by atoms with van der Waals surface area (Å²) >= 11 is 1.41. The molecule has 0 atom stereocenters. The summed E-state index contributed by atoms with van der Waals surface area (Å²) in [7, 11) is 0. The van der Waals surface area contributed by atoms with E-state index in [0.717, 1.165) is 23.9 Å². The van der Waals surface area contributed by atoms with E-state index in [9.17, 15) is 9.59 Å². The number of nitrogens with zero attached hydrogens (tertiary/aromatic N) is 2. The molecule has 0 saturated heterocycles. The Morgan fingerprint density at radius 2 is 1.74 bits per heavy atom. The number of aryl methyl sites for hydroxylation is 1. The van der Waals surface area contributed by atoms with E-state index in [0.29, 0.717) is 24.5 Å². The van der Waals surface area contributed by atoms with Gasteiger partial charge in [-0.25, -0.2) is 0 Å². The van der Waals surface area contributed by atoms with Crippen LogP contribution in [0, 0.1) is 6.92 Å². The number of aromatic amines is 1. The van der Waals surface area contributed by atoms with Crippen molar-refractivity contribution < 1.29 is 9.59 Å². The number of thiophene rings is 1. The summed E-state index contributed by atoms with van der Waals surface area (Å²) in [6.07, 6.45) is 3.58. The average molecular weight is 474 g/mol. The molecule has 176 valence electrons. The lowest BCUT2D eigenvalue weighted by Crippen LogP contribution is -2.43. The van der Waals surface area contributed by atoms with Crippen LogP contribution in [-0.4, -0.2) is 46.2 Å². The summed E-state index contributed by atoms with van der Waals surface area (Å²) in [5.74, 6) is -0.101. The number of H-pyrrole nitrogens is 1. The number of carbonyl (C=O) groups is 2. The smallest absolute Gasteiger partial charge is 0.264 e. The van der Waals surface area contributed by atoms with E-state index in [1.165, 1.54) is 27.8 Å². The monoisotopic (exact) mass is 473 g/mol. The zero-order chi connectivity index (χ0) is 23.9. The molecule has 2 heterocycles. The molecule has 2 amide bonds. The van der Waals surface area contributed by atoms with E-state index in [2.05, 4.69) is 48.3 Å². The maximum atomic E-state index is 13.5. The van der Waals surface area contributed by atoms with Crippen LogP contribution in [0.2, 0.25) is 0 Å². The first kappa shape index (κ1) is 23.8. The maximum Gasteiger partial charge on any atom is 0.264 e. The lowest BCUT2D eigenvalue weighted by Gasteiger charge is -2.27. The number of fused-ring (bicyclic) bond motifs is 1. The van der Waals surface area contributed by atoms with Crippen molar-refractivity contribution in [2.45, 2.75) is 33.2 Å². The number of aromatic nitrogens is 1. The molecule has 0 bridgehead atoms. The number of amides is 2. The van der Waals surface area contributed by atoms with E-state index in [1.807, 2.05) is 47.7 Å². The predicted molar refractivity (Wildman–Crippen MR) is 139 cm³/mol. The number of benzene rings is 2. The van der Waals surface area contributed by atoms with Gasteiger partial charge in [0.05, 0.1) is 4.88 Å². The van der Waals surface area contributed by atoms with Crippen molar-refractivity contribution in [2.75, 3.05) is 19.6 Å². The topological polar surface area (TPSA) is 56.4 Å². The number of nitrogens with one attached hydrogen (secondary N) is 1. The van der Waals surface area contributed by atoms with E-state index < -0.39 is 0 Å². The van der Waals surface area contributed by atoms with Gasteiger partial charge in [-0.3, -0.25) is 9.59 Å². The fourth-order valence-electron chi connectivity index (χ4n) is 4.14. The van der Waals surface area contributed by atoms with Gasteiger partial charge in [-0.2, -0.15) is 0 Å². The highest BCUT2D eigenvalue weighted by molar-refractivity contribution is 7.12. The second-order valence-corrected chi connectivity index (χ2v) is 9.56. The molecule has 4 aromatic rings. The Morgan fingerprint density at radius 3 is 2.47 bits per heavy atom. The predicted octanol–water partition coefficient (Wildman–Crippen LogP) is 5.66. The van der Waals surface area contributed by atoms with Gasteiger partial charge in [-0.1, -0.05) is 61.0 Å². The van der Waals surface area contributed by atoms with Gasteiger partial charge >= 0.3 is 0 Å². The Labute approximate surface area is 205 Å². The number of para-hydroxylation sites is 1. The normalized spacial score (nSPS) is 11.0. The van der Waals surface area contributed by atoms with Gasteiger partial charge in [0.15, 0.2) is 0 Å². The number of carbonyl (C=O) groups excluding carboxylic acids is 2. The summed E-state index contributed by atoms with van der Waals surface area (Å²) in [6, 6.07) is 20.2. The fourth-order valence-corrected chi connectivity index (χ4v) is 4.83. The van der Waals surface area contributed by atoms with Gasteiger partial charge in [0, 0.05) is 36.7 Å². The highest BCUT2D eigenvalue weighted by atomic mass is 32.1. The molecule has 0 aliphatic carbocycles. The molecule has 0 radical (unpaired) electrons. The SMILES string of the molecule is CCCN(CC(=O)N(CCc1c[nH]c2ccccc12)Cc1ccc(C)cc1)C(=O)c1cccs1. The van der Waals surface area contributed by atoms with Crippen molar-refractivity contribution in [1.82, 2.24) is 14.8 Å². The molecule has 0 aliphatic heterocycles. The summed E-state index contributed by atoms with van der Waals surface area (Å²) < 4.78 is 0. The fraction of sp³-hybridized carbons (Fsp3) is 0.286. The van der Waals surface area contributed by atoms with E-state index >= 15 is 0 Å². The summed E-state index contributed by atoms with van der Waals surface area (Å²) in [6.45, 7) is 5.84. The largest absolute Gasteiger partial charge is 0.361 e. The van der Waals surface area contributed by atoms with Gasteiger partial charge < -0.3 is 14.8 Å². The molecule has 6 heteroatoms. The zero-order valence-corrected chi connectivity index (χ0v) is 20.6. The molecular weight excluding hydrogens is 442 g/mol. The first-order chi connectivity index (χ1) is 16.5. The van der Waals surface area contributed by atoms with E-state index in [1.54, 1.807) is 4.90 Å². The van der Waals surface area contributed by atoms with E-state index in [4.69, 9.17) is 0 Å². The Balaban J connectivity index is 1.52. The van der Waals surface area contributed by atoms with Gasteiger partial charge in [0.1, 0.15) is 6.54 Å². The molecule has 34 heavy (non-hydrogen) atoms. The van der Waals surface area contributed by atoms with Crippen molar-refractivity contribution in [3.8, 4) is 0 Å². The summed E-state index contributed by atoms with van der Waals surface area (Å²) in [5.41, 5.74) is 4.57. The molecule has 0 aliphatic rings. The van der Waals surface area contributed by atoms with Crippen LogP contribution in [0.5, 0.6) is 0 Å². The molecule has 2 aromatic heterocycles. The van der Waals surface area contributed by atoms with Crippen molar-refractivity contribution in [1.29, 1.82) is 0 Å². The quantitative estimate of drug-likeness (QED) is 0.323. The summed E-state index contributed by atoms with van der Waals surface area (Å²) in [5, 5.41) is 3.08. The molecule has 5 nitrogen and oxygen atoms in total. The second-order valence-electron chi connectivity index (χ2n) is 8.61. The highest BCUT2D eigenvalue weighted by Crippen LogP contribution is 2.19. The van der Waals surface area contributed by atoms with Crippen LogP contribution in [0.4, 0.5) is 0 Å². The average Bonchev–Trinajstić information content (AvgIpc) is 3.53. The van der Waals surface area contributed by atoms with Crippen molar-refractivity contribution >= 4 is 34.1 Å². The lowest BCUT2D eigenvalue weighted by atomic mass is 10.1. The van der Waals surface area contributed by atoms with Crippen LogP contribution < -0.4 is 0 Å². The second kappa shape index (κ2) is 11.2. The minimum Gasteiger partial charge on any atom is -0.361 e. The van der Waals surface area contributed by atoms with Gasteiger partial charge in [0.25, 0.3) is 5.91 Å². The highest BCUT2D eigenvalue weighted by Gasteiger charge is 2.23. The Hall–Kier alpha value is -3.38. The van der Waals surface area contributed by atoms with Crippen LogP contribution >= 0.6 is 11.3 Å². The van der Waals surface area contributed by atoms with Gasteiger partial charge in [-0.05, 0) is 48.4 Å². The molecule has 0 fully saturated rings. The first-order valence-electron chi connectivity index (χ1n) is 11.8. The minimum absolute atomic E-state index is 0.0289. The third kappa shape index (κ3) is 5.75. The molecule has 1 N–H and O–H groups in total. The van der Waals surface area contributed by atoms with E-state index in [-0.39, 0.29) is 18.4 Å². The van der Waals surface area contributed by atoms with Crippen LogP contribution in [0.3, 0.4) is 0 Å². The van der Waals surface area contributed by atoms with Crippen molar-refractivity contribution in [2.24, 2.45) is 0 Å². The Morgan fingerprint density at radius 1 is 0.941 bits per heavy atom. The Kier molecular flexibility index (Phi) is 7.80. The number of hydrogen-bond donors (Lipinski definition) is 1. The van der Waals surface area contributed by atoms with Crippen molar-refractivity contribution in [3.05, 3.63) is 93.8 Å². The molecule has 0 spiro atoms. The van der Waals surface area contributed by atoms with Gasteiger partial charge in [-0.15, -0.1) is 11.3 Å².